The highest BCUT2D eigenvalue weighted by Gasteiger charge is 2.33. The Morgan fingerprint density at radius 2 is 2.31 bits per heavy atom. The van der Waals surface area contributed by atoms with Crippen molar-refractivity contribution in [1.82, 2.24) is 14.9 Å². The van der Waals surface area contributed by atoms with Gasteiger partial charge in [-0.05, 0) is 19.1 Å². The zero-order valence-corrected chi connectivity index (χ0v) is 10.3. The molecule has 1 saturated carbocycles. The highest BCUT2D eigenvalue weighted by atomic mass is 32.2. The summed E-state index contributed by atoms with van der Waals surface area (Å²) in [7, 11) is 0. The summed E-state index contributed by atoms with van der Waals surface area (Å²) in [5.74, 6) is 0. The molecule has 0 aliphatic heterocycles. The lowest BCUT2D eigenvalue weighted by atomic mass is 10.1. The summed E-state index contributed by atoms with van der Waals surface area (Å²) >= 11 is 1.88. The van der Waals surface area contributed by atoms with Gasteiger partial charge in [-0.15, -0.1) is 0 Å². The van der Waals surface area contributed by atoms with Crippen LogP contribution in [0.5, 0.6) is 0 Å². The average molecular weight is 239 g/mol. The van der Waals surface area contributed by atoms with Crippen LogP contribution < -0.4 is 5.32 Å². The van der Waals surface area contributed by atoms with E-state index in [9.17, 15) is 4.79 Å². The Morgan fingerprint density at radius 3 is 2.88 bits per heavy atom. The van der Waals surface area contributed by atoms with E-state index in [1.807, 2.05) is 11.8 Å². The van der Waals surface area contributed by atoms with E-state index in [0.29, 0.717) is 0 Å². The van der Waals surface area contributed by atoms with Crippen molar-refractivity contribution >= 4 is 17.8 Å². The van der Waals surface area contributed by atoms with Gasteiger partial charge >= 0.3 is 6.03 Å². The van der Waals surface area contributed by atoms with Crippen LogP contribution >= 0.6 is 11.8 Å². The number of carbonyl (C=O) groups excluding carboxylic acids is 1. The van der Waals surface area contributed by atoms with Gasteiger partial charge in [-0.25, -0.2) is 9.78 Å². The lowest BCUT2D eigenvalue weighted by Gasteiger charge is -2.26. The molecule has 0 aromatic carbocycles. The molecule has 1 aliphatic rings. The first kappa shape index (κ1) is 11.5. The van der Waals surface area contributed by atoms with Crippen LogP contribution in [-0.2, 0) is 0 Å². The lowest BCUT2D eigenvalue weighted by Crippen LogP contribution is -2.40. The third kappa shape index (κ3) is 2.40. The number of rotatable bonds is 3. The smallest absolute Gasteiger partial charge is 0.326 e. The summed E-state index contributed by atoms with van der Waals surface area (Å²) in [4.78, 5) is 15.6. The molecule has 88 valence electrons. The van der Waals surface area contributed by atoms with Crippen LogP contribution in [-0.4, -0.2) is 33.1 Å². The minimum Gasteiger partial charge on any atom is -0.336 e. The normalized spacial score (nSPS) is 18.6. The van der Waals surface area contributed by atoms with Gasteiger partial charge < -0.3 is 5.32 Å². The molecule has 1 amide bonds. The van der Waals surface area contributed by atoms with E-state index in [-0.39, 0.29) is 10.8 Å². The molecule has 1 heterocycles. The van der Waals surface area contributed by atoms with Crippen LogP contribution in [0, 0.1) is 0 Å². The van der Waals surface area contributed by atoms with Crippen molar-refractivity contribution in [2.75, 3.05) is 12.8 Å². The Balaban J connectivity index is 1.89. The van der Waals surface area contributed by atoms with Crippen molar-refractivity contribution in [2.24, 2.45) is 0 Å². The molecule has 0 radical (unpaired) electrons. The van der Waals surface area contributed by atoms with Gasteiger partial charge in [-0.3, -0.25) is 4.57 Å². The van der Waals surface area contributed by atoms with Gasteiger partial charge in [0.2, 0.25) is 0 Å². The van der Waals surface area contributed by atoms with Crippen LogP contribution in [0.25, 0.3) is 0 Å². The van der Waals surface area contributed by atoms with E-state index < -0.39 is 0 Å². The summed E-state index contributed by atoms with van der Waals surface area (Å²) in [6.45, 7) is 0.755. The Bertz CT molecular complexity index is 344. The van der Waals surface area contributed by atoms with Crippen LogP contribution in [0.1, 0.15) is 25.7 Å². The fourth-order valence-corrected chi connectivity index (χ4v) is 3.09. The molecule has 0 saturated heterocycles. The Labute approximate surface area is 99.8 Å². The number of amides is 1. The Hall–Kier alpha value is -0.970. The summed E-state index contributed by atoms with van der Waals surface area (Å²) in [6, 6.07) is -0.0853. The first-order chi connectivity index (χ1) is 7.76. The minimum atomic E-state index is -0.0853. The fourth-order valence-electron chi connectivity index (χ4n) is 2.18. The maximum atomic E-state index is 11.7. The van der Waals surface area contributed by atoms with Crippen LogP contribution in [0.3, 0.4) is 0 Å². The summed E-state index contributed by atoms with van der Waals surface area (Å²) < 4.78 is 1.74. The second-order valence-electron chi connectivity index (χ2n) is 4.22. The summed E-state index contributed by atoms with van der Waals surface area (Å²) in [5.41, 5.74) is 0. The van der Waals surface area contributed by atoms with Crippen molar-refractivity contribution in [3.05, 3.63) is 18.7 Å². The van der Waals surface area contributed by atoms with Crippen molar-refractivity contribution in [3.63, 3.8) is 0 Å². The predicted octanol–water partition coefficient (Wildman–Crippen LogP) is 2.12. The lowest BCUT2D eigenvalue weighted by molar-refractivity contribution is 0.241. The van der Waals surface area contributed by atoms with Gasteiger partial charge in [0, 0.05) is 23.7 Å². The number of thioether (sulfide) groups is 1. The molecule has 2 rings (SSSR count). The summed E-state index contributed by atoms with van der Waals surface area (Å²) in [6.07, 6.45) is 11.9. The molecule has 5 heteroatoms. The highest BCUT2D eigenvalue weighted by Crippen LogP contribution is 2.39. The first-order valence-electron chi connectivity index (χ1n) is 5.57. The molecular weight excluding hydrogens is 222 g/mol. The molecular formula is C11H17N3OS. The quantitative estimate of drug-likeness (QED) is 0.879. The molecule has 0 bridgehead atoms. The van der Waals surface area contributed by atoms with E-state index in [1.54, 1.807) is 12.4 Å². The fraction of sp³-hybridized carbons (Fsp3) is 0.636. The molecule has 1 fully saturated rings. The number of hydrogen-bond acceptors (Lipinski definition) is 3. The maximum absolute atomic E-state index is 11.7. The average Bonchev–Trinajstić information content (AvgIpc) is 2.98. The molecule has 0 spiro atoms. The van der Waals surface area contributed by atoms with Crippen molar-refractivity contribution in [3.8, 4) is 0 Å². The summed E-state index contributed by atoms with van der Waals surface area (Å²) in [5, 5.41) is 2.98. The van der Waals surface area contributed by atoms with E-state index in [4.69, 9.17) is 0 Å². The zero-order chi connectivity index (χ0) is 11.4. The van der Waals surface area contributed by atoms with Crippen molar-refractivity contribution in [1.29, 1.82) is 0 Å². The number of nitrogens with one attached hydrogen (secondary N) is 1. The molecule has 16 heavy (non-hydrogen) atoms. The molecule has 1 aromatic rings. The van der Waals surface area contributed by atoms with Crippen LogP contribution in [0.4, 0.5) is 4.79 Å². The third-order valence-electron chi connectivity index (χ3n) is 3.25. The van der Waals surface area contributed by atoms with Gasteiger partial charge in [-0.2, -0.15) is 11.8 Å². The number of hydrogen-bond donors (Lipinski definition) is 1. The van der Waals surface area contributed by atoms with Crippen LogP contribution in [0.2, 0.25) is 0 Å². The van der Waals surface area contributed by atoms with Crippen molar-refractivity contribution in [2.45, 2.75) is 30.4 Å². The van der Waals surface area contributed by atoms with E-state index in [1.165, 1.54) is 36.6 Å². The van der Waals surface area contributed by atoms with Gasteiger partial charge in [0.15, 0.2) is 0 Å². The number of nitrogens with zero attached hydrogens (tertiary/aromatic N) is 2. The maximum Gasteiger partial charge on any atom is 0.326 e. The molecule has 1 aliphatic carbocycles. The second-order valence-corrected chi connectivity index (χ2v) is 5.50. The molecule has 0 unspecified atom stereocenters. The van der Waals surface area contributed by atoms with Gasteiger partial charge in [0.1, 0.15) is 6.33 Å². The van der Waals surface area contributed by atoms with Gasteiger partial charge in [0.25, 0.3) is 0 Å². The van der Waals surface area contributed by atoms with Gasteiger partial charge in [0.05, 0.1) is 0 Å². The van der Waals surface area contributed by atoms with Crippen molar-refractivity contribution < 1.29 is 4.79 Å². The number of carbonyl (C=O) groups is 1. The monoisotopic (exact) mass is 239 g/mol. The number of aromatic nitrogens is 2. The molecule has 1 aromatic heterocycles. The SMILES string of the molecule is CSC1(CNC(=O)n2ccnc2)CCCC1. The van der Waals surface area contributed by atoms with E-state index in [2.05, 4.69) is 16.6 Å². The molecule has 0 atom stereocenters. The zero-order valence-electron chi connectivity index (χ0n) is 9.48. The third-order valence-corrected chi connectivity index (χ3v) is 4.67. The predicted molar refractivity (Wildman–Crippen MR) is 65.7 cm³/mol. The largest absolute Gasteiger partial charge is 0.336 e. The highest BCUT2D eigenvalue weighted by molar-refractivity contribution is 8.00. The van der Waals surface area contributed by atoms with Gasteiger partial charge in [-0.1, -0.05) is 12.8 Å². The standard InChI is InChI=1S/C11H17N3OS/c1-16-11(4-2-3-5-11)8-13-10(15)14-7-6-12-9-14/h6-7,9H,2-5,8H2,1H3,(H,13,15). The minimum absolute atomic E-state index is 0.0853. The number of imidazole rings is 1. The van der Waals surface area contributed by atoms with E-state index in [0.717, 1.165) is 6.54 Å². The topological polar surface area (TPSA) is 46.9 Å². The Morgan fingerprint density at radius 1 is 1.56 bits per heavy atom. The second kappa shape index (κ2) is 4.91. The molecule has 4 nitrogen and oxygen atoms in total. The first-order valence-corrected chi connectivity index (χ1v) is 6.80. The van der Waals surface area contributed by atoms with E-state index >= 15 is 0 Å². The molecule has 1 N–H and O–H groups in total. The Kier molecular flexibility index (Phi) is 3.53. The van der Waals surface area contributed by atoms with Crippen LogP contribution in [0.15, 0.2) is 18.7 Å².